The Balaban J connectivity index is 0.00000320. The third-order valence-corrected chi connectivity index (χ3v) is 4.74. The molecule has 0 spiro atoms. The molecule has 0 aliphatic rings. The number of carbonyl (C=O) groups is 1. The van der Waals surface area contributed by atoms with Gasteiger partial charge in [0.05, 0.1) is 6.04 Å². The molecule has 0 fully saturated rings. The lowest BCUT2D eigenvalue weighted by Crippen LogP contribution is -2.40. The van der Waals surface area contributed by atoms with Crippen LogP contribution in [0.5, 0.6) is 5.75 Å². The summed E-state index contributed by atoms with van der Waals surface area (Å²) in [7, 11) is 0. The first-order valence-corrected chi connectivity index (χ1v) is 9.85. The van der Waals surface area contributed by atoms with Crippen LogP contribution >= 0.6 is 13.5 Å². The third-order valence-electron chi connectivity index (χ3n) is 4.74. The number of rotatable bonds is 8. The highest BCUT2D eigenvalue weighted by Crippen LogP contribution is 2.13. The number of ether oxygens (including phenoxy) is 1. The average molecular weight is 423 g/mol. The minimum absolute atomic E-state index is 0. The number of carbonyl (C=O) groups excluding carboxylic acids is 1. The van der Waals surface area contributed by atoms with E-state index in [0.29, 0.717) is 23.2 Å². The molecule has 0 unspecified atom stereocenters. The highest BCUT2D eigenvalue weighted by molar-refractivity contribution is 7.59. The van der Waals surface area contributed by atoms with Gasteiger partial charge >= 0.3 is 0 Å². The van der Waals surface area contributed by atoms with Crippen molar-refractivity contribution in [2.45, 2.75) is 26.1 Å². The molecule has 0 aliphatic carbocycles. The Hall–Kier alpha value is -2.73. The summed E-state index contributed by atoms with van der Waals surface area (Å²) in [4.78, 5) is 12.6. The van der Waals surface area contributed by atoms with Crippen LogP contribution in [0.2, 0.25) is 13.6 Å². The van der Waals surface area contributed by atoms with Gasteiger partial charge in [-0.1, -0.05) is 68.2 Å². The van der Waals surface area contributed by atoms with E-state index in [4.69, 9.17) is 4.74 Å². The van der Waals surface area contributed by atoms with E-state index in [9.17, 15) is 9.18 Å². The van der Waals surface area contributed by atoms with Crippen LogP contribution in [0.4, 0.5) is 4.39 Å². The topological polar surface area (TPSA) is 38.3 Å². The predicted molar refractivity (Wildman–Crippen MR) is 127 cm³/mol. The normalized spacial score (nSPS) is 11.2. The van der Waals surface area contributed by atoms with Gasteiger partial charge in [-0.15, -0.1) is 0 Å². The van der Waals surface area contributed by atoms with E-state index in [-0.39, 0.29) is 44.6 Å². The van der Waals surface area contributed by atoms with Crippen molar-refractivity contribution in [3.63, 3.8) is 0 Å². The molecule has 0 aromatic heterocycles. The standard InChI is InChI=1S/C24H25BFNO2.H2S/c1-25(2)22-14-13-21(16-23(22)26)29-17-20(15-18-9-5-3-6-10-18)27-24(28)19-11-7-4-8-12-19;/h3-14,16,20H,15,17H2,1-2H3,(H,27,28);1H2/t20-;/m0./s1. The number of nitrogens with one attached hydrogen (secondary N) is 1. The maximum atomic E-state index is 14.3. The van der Waals surface area contributed by atoms with Gasteiger partial charge in [0.25, 0.3) is 5.91 Å². The second kappa shape index (κ2) is 11.5. The van der Waals surface area contributed by atoms with Gasteiger partial charge in [-0.05, 0) is 35.6 Å². The number of hydrogen-bond acceptors (Lipinski definition) is 2. The van der Waals surface area contributed by atoms with E-state index in [2.05, 4.69) is 5.32 Å². The van der Waals surface area contributed by atoms with Gasteiger partial charge in [0.1, 0.15) is 18.2 Å². The van der Waals surface area contributed by atoms with E-state index < -0.39 is 0 Å². The largest absolute Gasteiger partial charge is 0.491 e. The first kappa shape index (κ1) is 23.6. The van der Waals surface area contributed by atoms with Gasteiger partial charge in [0.2, 0.25) is 0 Å². The summed E-state index contributed by atoms with van der Waals surface area (Å²) in [5.41, 5.74) is 2.35. The lowest BCUT2D eigenvalue weighted by atomic mass is 9.49. The van der Waals surface area contributed by atoms with E-state index >= 15 is 0 Å². The summed E-state index contributed by atoms with van der Waals surface area (Å²) in [6, 6.07) is 23.7. The molecule has 3 nitrogen and oxygen atoms in total. The smallest absolute Gasteiger partial charge is 0.251 e. The molecule has 156 valence electrons. The Bertz CT molecular complexity index is 938. The first-order valence-electron chi connectivity index (χ1n) is 9.85. The molecular weight excluding hydrogens is 396 g/mol. The third kappa shape index (κ3) is 6.66. The minimum Gasteiger partial charge on any atom is -0.491 e. The highest BCUT2D eigenvalue weighted by atomic mass is 32.1. The fourth-order valence-electron chi connectivity index (χ4n) is 3.17. The van der Waals surface area contributed by atoms with Gasteiger partial charge in [-0.3, -0.25) is 4.79 Å². The zero-order valence-electron chi connectivity index (χ0n) is 17.3. The summed E-state index contributed by atoms with van der Waals surface area (Å²) in [6.07, 6.45) is 0.617. The molecule has 3 aromatic carbocycles. The molecule has 1 amide bonds. The van der Waals surface area contributed by atoms with Gasteiger partial charge in [0, 0.05) is 11.6 Å². The van der Waals surface area contributed by atoms with Crippen molar-refractivity contribution in [3.05, 3.63) is 95.8 Å². The molecule has 3 rings (SSSR count). The van der Waals surface area contributed by atoms with E-state index in [1.807, 2.05) is 62.2 Å². The SMILES string of the molecule is CB(C)c1ccc(OC[C@H](Cc2ccccc2)NC(=O)c2ccccc2)cc1F.S. The van der Waals surface area contributed by atoms with Crippen LogP contribution in [0, 0.1) is 5.82 Å². The molecule has 0 saturated carbocycles. The van der Waals surface area contributed by atoms with Crippen LogP contribution in [-0.2, 0) is 6.42 Å². The van der Waals surface area contributed by atoms with Crippen molar-refractivity contribution in [2.75, 3.05) is 6.61 Å². The number of hydrogen-bond donors (Lipinski definition) is 1. The Morgan fingerprint density at radius 2 is 1.63 bits per heavy atom. The average Bonchev–Trinajstić information content (AvgIpc) is 2.73. The quantitative estimate of drug-likeness (QED) is 0.548. The van der Waals surface area contributed by atoms with Crippen molar-refractivity contribution >= 4 is 31.6 Å². The second-order valence-electron chi connectivity index (χ2n) is 7.38. The molecule has 0 aliphatic heterocycles. The van der Waals surface area contributed by atoms with Crippen LogP contribution in [0.25, 0.3) is 0 Å². The molecule has 6 heteroatoms. The molecule has 0 radical (unpaired) electrons. The maximum absolute atomic E-state index is 14.3. The number of benzene rings is 3. The van der Waals surface area contributed by atoms with Gasteiger partial charge < -0.3 is 10.1 Å². The summed E-state index contributed by atoms with van der Waals surface area (Å²) in [5.74, 6) is 0.0285. The Labute approximate surface area is 185 Å². The fourth-order valence-corrected chi connectivity index (χ4v) is 3.17. The van der Waals surface area contributed by atoms with Crippen molar-refractivity contribution in [1.29, 1.82) is 0 Å². The van der Waals surface area contributed by atoms with Crippen LogP contribution in [0.15, 0.2) is 78.9 Å². The van der Waals surface area contributed by atoms with E-state index in [1.165, 1.54) is 6.07 Å². The Morgan fingerprint density at radius 1 is 1.00 bits per heavy atom. The summed E-state index contributed by atoms with van der Waals surface area (Å²) >= 11 is 0. The van der Waals surface area contributed by atoms with E-state index in [1.54, 1.807) is 24.3 Å². The second-order valence-corrected chi connectivity index (χ2v) is 7.38. The maximum Gasteiger partial charge on any atom is 0.251 e. The monoisotopic (exact) mass is 423 g/mol. The van der Waals surface area contributed by atoms with Crippen LogP contribution < -0.4 is 15.5 Å². The molecule has 0 saturated heterocycles. The van der Waals surface area contributed by atoms with Crippen LogP contribution in [0.3, 0.4) is 0 Å². The molecular formula is C24H27BFNO2S. The summed E-state index contributed by atoms with van der Waals surface area (Å²) in [5, 5.41) is 3.04. The van der Waals surface area contributed by atoms with Crippen LogP contribution in [-0.4, -0.2) is 25.3 Å². The molecule has 0 bridgehead atoms. The molecule has 30 heavy (non-hydrogen) atoms. The minimum atomic E-state index is -0.273. The van der Waals surface area contributed by atoms with Crippen LogP contribution in [0.1, 0.15) is 15.9 Å². The Kier molecular flexibility index (Phi) is 9.00. The fraction of sp³-hybridized carbons (Fsp3) is 0.208. The zero-order valence-corrected chi connectivity index (χ0v) is 18.3. The van der Waals surface area contributed by atoms with Crippen molar-refractivity contribution in [1.82, 2.24) is 5.32 Å². The number of amides is 1. The van der Waals surface area contributed by atoms with Crippen molar-refractivity contribution in [2.24, 2.45) is 0 Å². The highest BCUT2D eigenvalue weighted by Gasteiger charge is 2.16. The lowest BCUT2D eigenvalue weighted by Gasteiger charge is -2.20. The molecule has 1 atom stereocenters. The van der Waals surface area contributed by atoms with Crippen molar-refractivity contribution < 1.29 is 13.9 Å². The number of halogens is 1. The van der Waals surface area contributed by atoms with E-state index in [0.717, 1.165) is 5.56 Å². The lowest BCUT2D eigenvalue weighted by molar-refractivity contribution is 0.0921. The first-order chi connectivity index (χ1) is 14.0. The summed E-state index contributed by atoms with van der Waals surface area (Å²) < 4.78 is 20.1. The molecule has 1 N–H and O–H groups in total. The predicted octanol–water partition coefficient (Wildman–Crippen LogP) is 4.32. The molecule has 3 aromatic rings. The summed E-state index contributed by atoms with van der Waals surface area (Å²) in [6.45, 7) is 4.26. The van der Waals surface area contributed by atoms with Gasteiger partial charge in [0.15, 0.2) is 6.71 Å². The van der Waals surface area contributed by atoms with Gasteiger partial charge in [-0.25, -0.2) is 4.39 Å². The zero-order chi connectivity index (χ0) is 20.6. The Morgan fingerprint density at radius 3 is 2.23 bits per heavy atom. The molecule has 0 heterocycles. The van der Waals surface area contributed by atoms with Gasteiger partial charge in [-0.2, -0.15) is 13.5 Å². The van der Waals surface area contributed by atoms with Crippen molar-refractivity contribution in [3.8, 4) is 5.75 Å².